The van der Waals surface area contributed by atoms with Gasteiger partial charge in [0.05, 0.1) is 11.0 Å². The summed E-state index contributed by atoms with van der Waals surface area (Å²) in [5.74, 6) is -0.559. The van der Waals surface area contributed by atoms with Gasteiger partial charge in [0.1, 0.15) is 5.56 Å². The summed E-state index contributed by atoms with van der Waals surface area (Å²) in [4.78, 5) is 22.7. The van der Waals surface area contributed by atoms with E-state index in [2.05, 4.69) is 5.32 Å². The molecule has 2 aromatic rings. The fourth-order valence-electron chi connectivity index (χ4n) is 2.03. The third-order valence-corrected chi connectivity index (χ3v) is 3.70. The van der Waals surface area contributed by atoms with Gasteiger partial charge in [0, 0.05) is 16.1 Å². The number of nitro benzene ring substituents is 1. The van der Waals surface area contributed by atoms with E-state index in [0.717, 1.165) is 11.6 Å². The first-order valence-corrected chi connectivity index (χ1v) is 7.15. The second kappa shape index (κ2) is 6.77. The van der Waals surface area contributed by atoms with E-state index in [1.54, 1.807) is 31.2 Å². The molecule has 2 aromatic carbocycles. The highest BCUT2D eigenvalue weighted by atomic mass is 35.5. The number of carbonyl (C=O) groups excluding carboxylic acids is 1. The van der Waals surface area contributed by atoms with E-state index in [4.69, 9.17) is 23.2 Å². The van der Waals surface area contributed by atoms with Gasteiger partial charge in [0.2, 0.25) is 0 Å². The van der Waals surface area contributed by atoms with Crippen molar-refractivity contribution in [2.24, 2.45) is 0 Å². The average Bonchev–Trinajstić information content (AvgIpc) is 2.47. The number of nitrogens with zero attached hydrogens (tertiary/aromatic N) is 1. The van der Waals surface area contributed by atoms with Gasteiger partial charge in [0.25, 0.3) is 11.6 Å². The Balaban J connectivity index is 2.26. The standard InChI is InChI=1S/C15H12Cl2N2O3/c1-9(11-4-2-3-5-13(11)17)18-15(20)12-7-6-10(16)8-14(12)19(21)22/h2-9H,1H3,(H,18,20). The molecular formula is C15H12Cl2N2O3. The van der Waals surface area contributed by atoms with Crippen molar-refractivity contribution in [1.82, 2.24) is 5.32 Å². The number of halogens is 2. The van der Waals surface area contributed by atoms with Crippen molar-refractivity contribution in [3.8, 4) is 0 Å². The van der Waals surface area contributed by atoms with Gasteiger partial charge in [0.15, 0.2) is 0 Å². The van der Waals surface area contributed by atoms with Crippen LogP contribution in [0.25, 0.3) is 0 Å². The summed E-state index contributed by atoms with van der Waals surface area (Å²) in [5.41, 5.74) is 0.346. The van der Waals surface area contributed by atoms with E-state index in [1.807, 2.05) is 0 Å². The molecule has 1 N–H and O–H groups in total. The van der Waals surface area contributed by atoms with Gasteiger partial charge in [-0.05, 0) is 30.7 Å². The molecule has 0 bridgehead atoms. The Hall–Kier alpha value is -2.11. The lowest BCUT2D eigenvalue weighted by Gasteiger charge is -2.15. The maximum absolute atomic E-state index is 12.3. The molecule has 1 unspecified atom stereocenters. The summed E-state index contributed by atoms with van der Waals surface area (Å²) in [6.07, 6.45) is 0. The first-order chi connectivity index (χ1) is 10.4. The minimum Gasteiger partial charge on any atom is -0.345 e. The largest absolute Gasteiger partial charge is 0.345 e. The molecule has 1 atom stereocenters. The third kappa shape index (κ3) is 3.55. The molecule has 0 aliphatic carbocycles. The van der Waals surface area contributed by atoms with Crippen molar-refractivity contribution in [3.05, 3.63) is 73.8 Å². The zero-order valence-corrected chi connectivity index (χ0v) is 13.1. The molecule has 22 heavy (non-hydrogen) atoms. The molecular weight excluding hydrogens is 327 g/mol. The molecule has 2 rings (SSSR count). The van der Waals surface area contributed by atoms with Gasteiger partial charge in [-0.1, -0.05) is 41.4 Å². The van der Waals surface area contributed by atoms with Crippen LogP contribution in [0.3, 0.4) is 0 Å². The summed E-state index contributed by atoms with van der Waals surface area (Å²) in [6.45, 7) is 1.75. The van der Waals surface area contributed by atoms with Gasteiger partial charge in [-0.25, -0.2) is 0 Å². The van der Waals surface area contributed by atoms with E-state index < -0.39 is 16.9 Å². The van der Waals surface area contributed by atoms with Gasteiger partial charge in [-0.2, -0.15) is 0 Å². The highest BCUT2D eigenvalue weighted by Gasteiger charge is 2.22. The zero-order chi connectivity index (χ0) is 16.3. The molecule has 0 aromatic heterocycles. The van der Waals surface area contributed by atoms with Gasteiger partial charge < -0.3 is 5.32 Å². The van der Waals surface area contributed by atoms with E-state index in [0.29, 0.717) is 5.02 Å². The van der Waals surface area contributed by atoms with Crippen molar-refractivity contribution in [3.63, 3.8) is 0 Å². The van der Waals surface area contributed by atoms with Crippen LogP contribution in [-0.4, -0.2) is 10.8 Å². The number of nitro groups is 1. The lowest BCUT2D eigenvalue weighted by molar-refractivity contribution is -0.385. The predicted molar refractivity (Wildman–Crippen MR) is 85.4 cm³/mol. The van der Waals surface area contributed by atoms with Crippen LogP contribution >= 0.6 is 23.2 Å². The number of carbonyl (C=O) groups is 1. The molecule has 0 saturated heterocycles. The van der Waals surface area contributed by atoms with Crippen LogP contribution in [0.5, 0.6) is 0 Å². The minimum atomic E-state index is -0.638. The quantitative estimate of drug-likeness (QED) is 0.663. The van der Waals surface area contributed by atoms with E-state index in [-0.39, 0.29) is 16.3 Å². The second-order valence-corrected chi connectivity index (χ2v) is 5.48. The summed E-state index contributed by atoms with van der Waals surface area (Å²) in [5, 5.41) is 14.4. The maximum Gasteiger partial charge on any atom is 0.283 e. The SMILES string of the molecule is CC(NC(=O)c1ccc(Cl)cc1[N+](=O)[O-])c1ccccc1Cl. The van der Waals surface area contributed by atoms with Crippen molar-refractivity contribution in [1.29, 1.82) is 0 Å². The van der Waals surface area contributed by atoms with Gasteiger partial charge in [-0.3, -0.25) is 14.9 Å². The summed E-state index contributed by atoms with van der Waals surface area (Å²) >= 11 is 11.8. The number of benzene rings is 2. The summed E-state index contributed by atoms with van der Waals surface area (Å²) in [7, 11) is 0. The number of hydrogen-bond donors (Lipinski definition) is 1. The second-order valence-electron chi connectivity index (χ2n) is 4.64. The number of amides is 1. The number of nitrogens with one attached hydrogen (secondary N) is 1. The Morgan fingerprint density at radius 2 is 1.91 bits per heavy atom. The van der Waals surface area contributed by atoms with Crippen molar-refractivity contribution in [2.75, 3.05) is 0 Å². The molecule has 0 heterocycles. The molecule has 0 aliphatic rings. The first kappa shape index (κ1) is 16.3. The predicted octanol–water partition coefficient (Wildman–Crippen LogP) is 4.39. The molecule has 0 saturated carbocycles. The van der Waals surface area contributed by atoms with Crippen molar-refractivity contribution in [2.45, 2.75) is 13.0 Å². The number of rotatable bonds is 4. The topological polar surface area (TPSA) is 72.2 Å². The van der Waals surface area contributed by atoms with Crippen molar-refractivity contribution >= 4 is 34.8 Å². The highest BCUT2D eigenvalue weighted by Crippen LogP contribution is 2.26. The Bertz CT molecular complexity index is 734. The Morgan fingerprint density at radius 1 is 1.23 bits per heavy atom. The fourth-order valence-corrected chi connectivity index (χ4v) is 2.49. The van der Waals surface area contributed by atoms with Crippen LogP contribution in [0.1, 0.15) is 28.9 Å². The Morgan fingerprint density at radius 3 is 2.55 bits per heavy atom. The van der Waals surface area contributed by atoms with E-state index in [1.165, 1.54) is 12.1 Å². The molecule has 0 radical (unpaired) electrons. The molecule has 1 amide bonds. The van der Waals surface area contributed by atoms with Crippen LogP contribution in [-0.2, 0) is 0 Å². The number of hydrogen-bond acceptors (Lipinski definition) is 3. The molecule has 5 nitrogen and oxygen atoms in total. The molecule has 0 aliphatic heterocycles. The lowest BCUT2D eigenvalue weighted by Crippen LogP contribution is -2.27. The molecule has 114 valence electrons. The van der Waals surface area contributed by atoms with E-state index >= 15 is 0 Å². The molecule has 0 spiro atoms. The third-order valence-electron chi connectivity index (χ3n) is 3.12. The van der Waals surface area contributed by atoms with Crippen LogP contribution in [0.2, 0.25) is 10.0 Å². The van der Waals surface area contributed by atoms with Crippen molar-refractivity contribution < 1.29 is 9.72 Å². The summed E-state index contributed by atoms with van der Waals surface area (Å²) < 4.78 is 0. The van der Waals surface area contributed by atoms with Gasteiger partial charge >= 0.3 is 0 Å². The minimum absolute atomic E-state index is 0.0479. The summed E-state index contributed by atoms with van der Waals surface area (Å²) in [6, 6.07) is 10.6. The average molecular weight is 339 g/mol. The van der Waals surface area contributed by atoms with Crippen LogP contribution in [0.4, 0.5) is 5.69 Å². The Kier molecular flexibility index (Phi) is 5.00. The molecule has 7 heteroatoms. The zero-order valence-electron chi connectivity index (χ0n) is 11.5. The maximum atomic E-state index is 12.3. The van der Waals surface area contributed by atoms with Crippen LogP contribution in [0, 0.1) is 10.1 Å². The van der Waals surface area contributed by atoms with E-state index in [9.17, 15) is 14.9 Å². The van der Waals surface area contributed by atoms with Crippen LogP contribution < -0.4 is 5.32 Å². The normalized spacial score (nSPS) is 11.8. The fraction of sp³-hybridized carbons (Fsp3) is 0.133. The smallest absolute Gasteiger partial charge is 0.283 e. The first-order valence-electron chi connectivity index (χ1n) is 6.39. The van der Waals surface area contributed by atoms with Gasteiger partial charge in [-0.15, -0.1) is 0 Å². The van der Waals surface area contributed by atoms with Crippen LogP contribution in [0.15, 0.2) is 42.5 Å². The molecule has 0 fully saturated rings. The highest BCUT2D eigenvalue weighted by molar-refractivity contribution is 6.31. The Labute approximate surface area is 137 Å². The lowest BCUT2D eigenvalue weighted by atomic mass is 10.1. The monoisotopic (exact) mass is 338 g/mol.